The van der Waals surface area contributed by atoms with E-state index in [0.29, 0.717) is 17.0 Å². The van der Waals surface area contributed by atoms with Gasteiger partial charge in [-0.1, -0.05) is 34.1 Å². The molecule has 0 fully saturated rings. The van der Waals surface area contributed by atoms with Crippen molar-refractivity contribution in [2.75, 3.05) is 12.8 Å². The molecule has 0 atom stereocenters. The lowest BCUT2D eigenvalue weighted by molar-refractivity contribution is 0.0962. The number of carbonyl (C=O) groups excluding carboxylic acids is 1. The molecule has 0 saturated heterocycles. The molecule has 0 bridgehead atoms. The molecular weight excluding hydrogens is 308 g/mol. The highest BCUT2D eigenvalue weighted by atomic mass is 79.9. The summed E-state index contributed by atoms with van der Waals surface area (Å²) < 4.78 is 0.845. The Labute approximate surface area is 119 Å². The summed E-state index contributed by atoms with van der Waals surface area (Å²) in [4.78, 5) is 20.3. The number of nitrogens with zero attached hydrogens (tertiary/aromatic N) is 2. The number of hydrogen-bond donors (Lipinski definition) is 2. The van der Waals surface area contributed by atoms with Crippen LogP contribution in [0.15, 0.2) is 28.7 Å². The van der Waals surface area contributed by atoms with E-state index in [1.165, 1.54) is 0 Å². The van der Waals surface area contributed by atoms with Gasteiger partial charge in [0.15, 0.2) is 0 Å². The van der Waals surface area contributed by atoms with Gasteiger partial charge in [-0.05, 0) is 13.0 Å². The zero-order valence-corrected chi connectivity index (χ0v) is 12.2. The lowest BCUT2D eigenvalue weighted by Gasteiger charge is -2.12. The van der Waals surface area contributed by atoms with E-state index in [2.05, 4.69) is 31.2 Å². The third kappa shape index (κ3) is 2.58. The predicted molar refractivity (Wildman–Crippen MR) is 77.7 cm³/mol. The third-order valence-electron chi connectivity index (χ3n) is 2.69. The van der Waals surface area contributed by atoms with Crippen LogP contribution in [0.25, 0.3) is 11.3 Å². The van der Waals surface area contributed by atoms with Crippen LogP contribution in [0.1, 0.15) is 16.1 Å². The monoisotopic (exact) mass is 320 g/mol. The normalized spacial score (nSPS) is 10.3. The van der Waals surface area contributed by atoms with Crippen molar-refractivity contribution in [1.29, 1.82) is 0 Å². The van der Waals surface area contributed by atoms with Crippen molar-refractivity contribution in [2.45, 2.75) is 6.92 Å². The van der Waals surface area contributed by atoms with E-state index in [1.54, 1.807) is 14.0 Å². The number of benzene rings is 1. The molecule has 98 valence electrons. The van der Waals surface area contributed by atoms with Gasteiger partial charge in [0.25, 0.3) is 5.91 Å². The standard InChI is InChI=1S/C13H13BrN4O/c1-7-10(12(19)16-2)11(18-13(15)17-7)8-5-3-4-6-9(8)14/h3-6H,1-2H3,(H,16,19)(H2,15,17,18). The van der Waals surface area contributed by atoms with E-state index in [4.69, 9.17) is 5.73 Å². The molecular formula is C13H13BrN4O. The van der Waals surface area contributed by atoms with Crippen LogP contribution in [0.3, 0.4) is 0 Å². The van der Waals surface area contributed by atoms with Crippen LogP contribution < -0.4 is 11.1 Å². The number of nitrogen functional groups attached to an aromatic ring is 1. The highest BCUT2D eigenvalue weighted by molar-refractivity contribution is 9.10. The molecule has 0 aliphatic heterocycles. The molecule has 0 saturated carbocycles. The second-order valence-electron chi connectivity index (χ2n) is 3.95. The summed E-state index contributed by atoms with van der Waals surface area (Å²) in [5.74, 6) is -0.0841. The van der Waals surface area contributed by atoms with Gasteiger partial charge < -0.3 is 11.1 Å². The number of aryl methyl sites for hydroxylation is 1. The van der Waals surface area contributed by atoms with Crippen LogP contribution in [0.2, 0.25) is 0 Å². The van der Waals surface area contributed by atoms with E-state index in [1.807, 2.05) is 24.3 Å². The van der Waals surface area contributed by atoms with Gasteiger partial charge >= 0.3 is 0 Å². The van der Waals surface area contributed by atoms with Gasteiger partial charge in [0.05, 0.1) is 17.0 Å². The fourth-order valence-electron chi connectivity index (χ4n) is 1.84. The molecule has 1 aromatic carbocycles. The number of nitrogens with two attached hydrogens (primary N) is 1. The van der Waals surface area contributed by atoms with Crippen molar-refractivity contribution in [3.63, 3.8) is 0 Å². The Kier molecular flexibility index (Phi) is 3.80. The Bertz CT molecular complexity index is 643. The van der Waals surface area contributed by atoms with Crippen molar-refractivity contribution in [3.8, 4) is 11.3 Å². The van der Waals surface area contributed by atoms with Crippen LogP contribution in [0.4, 0.5) is 5.95 Å². The lowest BCUT2D eigenvalue weighted by atomic mass is 10.0. The maximum Gasteiger partial charge on any atom is 0.255 e. The van der Waals surface area contributed by atoms with E-state index in [0.717, 1.165) is 10.0 Å². The molecule has 19 heavy (non-hydrogen) atoms. The number of hydrogen-bond acceptors (Lipinski definition) is 4. The van der Waals surface area contributed by atoms with E-state index >= 15 is 0 Å². The van der Waals surface area contributed by atoms with Crippen LogP contribution in [0, 0.1) is 6.92 Å². The molecule has 6 heteroatoms. The van der Waals surface area contributed by atoms with E-state index < -0.39 is 0 Å². The predicted octanol–water partition coefficient (Wildman–Crippen LogP) is 2.16. The highest BCUT2D eigenvalue weighted by Gasteiger charge is 2.19. The van der Waals surface area contributed by atoms with E-state index in [-0.39, 0.29) is 11.9 Å². The minimum atomic E-state index is -0.233. The summed E-state index contributed by atoms with van der Waals surface area (Å²) in [6.07, 6.45) is 0. The summed E-state index contributed by atoms with van der Waals surface area (Å²) in [7, 11) is 1.57. The van der Waals surface area contributed by atoms with Crippen LogP contribution >= 0.6 is 15.9 Å². The molecule has 0 aliphatic rings. The number of rotatable bonds is 2. The molecule has 1 aromatic heterocycles. The van der Waals surface area contributed by atoms with E-state index in [9.17, 15) is 4.79 Å². The molecule has 2 rings (SSSR count). The summed E-state index contributed by atoms with van der Waals surface area (Å²) in [5, 5.41) is 2.60. The molecule has 0 radical (unpaired) electrons. The van der Waals surface area contributed by atoms with Gasteiger partial charge in [-0.3, -0.25) is 4.79 Å². The molecule has 5 nitrogen and oxygen atoms in total. The maximum atomic E-state index is 12.0. The topological polar surface area (TPSA) is 80.9 Å². The van der Waals surface area contributed by atoms with Crippen molar-refractivity contribution < 1.29 is 4.79 Å². The fourth-order valence-corrected chi connectivity index (χ4v) is 2.31. The van der Waals surface area contributed by atoms with Gasteiger partial charge in [0.2, 0.25) is 5.95 Å². The molecule has 2 aromatic rings. The molecule has 0 unspecified atom stereocenters. The first-order valence-electron chi connectivity index (χ1n) is 5.65. The largest absolute Gasteiger partial charge is 0.368 e. The second kappa shape index (κ2) is 5.36. The lowest BCUT2D eigenvalue weighted by Crippen LogP contribution is -2.22. The maximum absolute atomic E-state index is 12.0. The first kappa shape index (κ1) is 13.5. The summed E-state index contributed by atoms with van der Waals surface area (Å²) in [6.45, 7) is 1.74. The number of nitrogens with one attached hydrogen (secondary N) is 1. The van der Waals surface area contributed by atoms with Crippen molar-refractivity contribution in [2.24, 2.45) is 0 Å². The highest BCUT2D eigenvalue weighted by Crippen LogP contribution is 2.30. The quantitative estimate of drug-likeness (QED) is 0.888. The Morgan fingerprint density at radius 3 is 2.63 bits per heavy atom. The first-order valence-corrected chi connectivity index (χ1v) is 6.45. The van der Waals surface area contributed by atoms with Gasteiger partial charge in [-0.15, -0.1) is 0 Å². The van der Waals surface area contributed by atoms with Crippen molar-refractivity contribution in [1.82, 2.24) is 15.3 Å². The number of carbonyl (C=O) groups is 1. The smallest absolute Gasteiger partial charge is 0.255 e. The number of anilines is 1. The second-order valence-corrected chi connectivity index (χ2v) is 4.80. The summed E-state index contributed by atoms with van der Waals surface area (Å²) in [6, 6.07) is 7.53. The van der Waals surface area contributed by atoms with Gasteiger partial charge in [-0.25, -0.2) is 9.97 Å². The Morgan fingerprint density at radius 2 is 2.00 bits per heavy atom. The Balaban J connectivity index is 2.75. The zero-order chi connectivity index (χ0) is 14.0. The number of halogens is 1. The summed E-state index contributed by atoms with van der Waals surface area (Å²) >= 11 is 3.45. The number of aromatic nitrogens is 2. The Morgan fingerprint density at radius 1 is 1.32 bits per heavy atom. The van der Waals surface area contributed by atoms with Gasteiger partial charge in [-0.2, -0.15) is 0 Å². The van der Waals surface area contributed by atoms with Crippen molar-refractivity contribution >= 4 is 27.8 Å². The van der Waals surface area contributed by atoms with Crippen LogP contribution in [0.5, 0.6) is 0 Å². The molecule has 1 amide bonds. The van der Waals surface area contributed by atoms with Gasteiger partial charge in [0, 0.05) is 17.1 Å². The summed E-state index contributed by atoms with van der Waals surface area (Å²) in [5.41, 5.74) is 8.00. The minimum absolute atomic E-state index is 0.149. The number of amides is 1. The molecule has 0 aliphatic carbocycles. The average Bonchev–Trinajstić information content (AvgIpc) is 2.37. The van der Waals surface area contributed by atoms with Crippen LogP contribution in [-0.2, 0) is 0 Å². The fraction of sp³-hybridized carbons (Fsp3) is 0.154. The minimum Gasteiger partial charge on any atom is -0.368 e. The zero-order valence-electron chi connectivity index (χ0n) is 10.6. The molecule has 0 spiro atoms. The SMILES string of the molecule is CNC(=O)c1c(C)nc(N)nc1-c1ccccc1Br. The first-order chi connectivity index (χ1) is 9.04. The Hall–Kier alpha value is -1.95. The van der Waals surface area contributed by atoms with Crippen LogP contribution in [-0.4, -0.2) is 22.9 Å². The third-order valence-corrected chi connectivity index (χ3v) is 3.38. The molecule has 1 heterocycles. The average molecular weight is 321 g/mol. The molecule has 3 N–H and O–H groups in total. The van der Waals surface area contributed by atoms with Crippen molar-refractivity contribution in [3.05, 3.63) is 40.0 Å². The van der Waals surface area contributed by atoms with Gasteiger partial charge in [0.1, 0.15) is 0 Å².